The topological polar surface area (TPSA) is 67.0 Å². The third-order valence-corrected chi connectivity index (χ3v) is 5.88. The van der Waals surface area contributed by atoms with E-state index in [1.807, 2.05) is 29.8 Å². The minimum absolute atomic E-state index is 0.0926. The number of ether oxygens (including phenoxy) is 2. The molecule has 0 spiro atoms. The Kier molecular flexibility index (Phi) is 5.70. The zero-order valence-corrected chi connectivity index (χ0v) is 18.9. The van der Waals surface area contributed by atoms with Gasteiger partial charge in [-0.2, -0.15) is 5.10 Å². The number of benzene rings is 2. The molecular weight excluding hydrogens is 466 g/mol. The standard InChI is InChI=1S/C24H21F4N5O2/c1-14-12-32(13-29-14)20-8-5-15(10-21(20)34-2)22-30-23-17(4-3-9-33(23)31-22)18-11-16(6-7-19(18)25)35-24(26,27)28/h5-8,10-13,17H,3-4,9H2,1-2H3. The quantitative estimate of drug-likeness (QED) is 0.352. The molecular formula is C24H21F4N5O2. The first kappa shape index (κ1) is 22.9. The summed E-state index contributed by atoms with van der Waals surface area (Å²) in [5.41, 5.74) is 2.44. The number of aryl methyl sites for hydroxylation is 2. The summed E-state index contributed by atoms with van der Waals surface area (Å²) in [5.74, 6) is -0.154. The predicted octanol–water partition coefficient (Wildman–Crippen LogP) is 5.41. The van der Waals surface area contributed by atoms with Crippen LogP contribution in [0.1, 0.15) is 35.8 Å². The lowest BCUT2D eigenvalue weighted by atomic mass is 9.90. The third kappa shape index (κ3) is 4.58. The van der Waals surface area contributed by atoms with Gasteiger partial charge in [-0.1, -0.05) is 0 Å². The molecule has 1 atom stereocenters. The molecule has 0 saturated heterocycles. The van der Waals surface area contributed by atoms with E-state index in [1.54, 1.807) is 24.2 Å². The van der Waals surface area contributed by atoms with Gasteiger partial charge in [-0.25, -0.2) is 19.0 Å². The number of aromatic nitrogens is 5. The average Bonchev–Trinajstić information content (AvgIpc) is 3.45. The smallest absolute Gasteiger partial charge is 0.495 e. The van der Waals surface area contributed by atoms with Crippen molar-refractivity contribution in [3.8, 4) is 28.6 Å². The highest BCUT2D eigenvalue weighted by atomic mass is 19.4. The Balaban J connectivity index is 1.51. The first-order chi connectivity index (χ1) is 16.7. The van der Waals surface area contributed by atoms with Crippen molar-refractivity contribution in [2.45, 2.75) is 38.6 Å². The molecule has 0 bridgehead atoms. The molecule has 182 valence electrons. The normalized spacial score (nSPS) is 15.7. The van der Waals surface area contributed by atoms with Crippen molar-refractivity contribution in [1.29, 1.82) is 0 Å². The summed E-state index contributed by atoms with van der Waals surface area (Å²) in [7, 11) is 1.56. The van der Waals surface area contributed by atoms with E-state index in [-0.39, 0.29) is 5.56 Å². The lowest BCUT2D eigenvalue weighted by molar-refractivity contribution is -0.274. The third-order valence-electron chi connectivity index (χ3n) is 5.88. The molecule has 0 radical (unpaired) electrons. The van der Waals surface area contributed by atoms with E-state index in [2.05, 4.69) is 19.8 Å². The molecule has 2 aromatic carbocycles. The Hall–Kier alpha value is -3.89. The summed E-state index contributed by atoms with van der Waals surface area (Å²) >= 11 is 0. The predicted molar refractivity (Wildman–Crippen MR) is 118 cm³/mol. The van der Waals surface area contributed by atoms with Crippen molar-refractivity contribution in [2.24, 2.45) is 0 Å². The fourth-order valence-corrected chi connectivity index (χ4v) is 4.34. The minimum Gasteiger partial charge on any atom is -0.495 e. The van der Waals surface area contributed by atoms with E-state index >= 15 is 0 Å². The van der Waals surface area contributed by atoms with Gasteiger partial charge in [0.1, 0.15) is 23.1 Å². The van der Waals surface area contributed by atoms with E-state index in [0.29, 0.717) is 42.3 Å². The fraction of sp³-hybridized carbons (Fsp3) is 0.292. The molecule has 0 fully saturated rings. The second-order valence-corrected chi connectivity index (χ2v) is 8.25. The molecule has 1 unspecified atom stereocenters. The van der Waals surface area contributed by atoms with Crippen molar-refractivity contribution in [1.82, 2.24) is 24.3 Å². The van der Waals surface area contributed by atoms with Crippen molar-refractivity contribution < 1.29 is 27.0 Å². The number of fused-ring (bicyclic) bond motifs is 1. The monoisotopic (exact) mass is 487 g/mol. The van der Waals surface area contributed by atoms with Gasteiger partial charge in [0.05, 0.1) is 24.8 Å². The van der Waals surface area contributed by atoms with E-state index in [4.69, 9.17) is 4.74 Å². The number of rotatable bonds is 5. The number of methoxy groups -OCH3 is 1. The number of hydrogen-bond donors (Lipinski definition) is 0. The second kappa shape index (κ2) is 8.71. The number of nitrogens with zero attached hydrogens (tertiary/aromatic N) is 5. The van der Waals surface area contributed by atoms with Crippen molar-refractivity contribution in [2.75, 3.05) is 7.11 Å². The van der Waals surface area contributed by atoms with Gasteiger partial charge in [-0.05, 0) is 56.2 Å². The van der Waals surface area contributed by atoms with Gasteiger partial charge in [-0.3, -0.25) is 0 Å². The molecule has 2 aromatic heterocycles. The Morgan fingerprint density at radius 2 is 1.94 bits per heavy atom. The van der Waals surface area contributed by atoms with Gasteiger partial charge >= 0.3 is 6.36 Å². The van der Waals surface area contributed by atoms with Crippen LogP contribution in [0, 0.1) is 12.7 Å². The molecule has 0 N–H and O–H groups in total. The molecule has 3 heterocycles. The van der Waals surface area contributed by atoms with Crippen LogP contribution in [0.2, 0.25) is 0 Å². The molecule has 7 nitrogen and oxygen atoms in total. The van der Waals surface area contributed by atoms with Crippen LogP contribution in [0.4, 0.5) is 17.6 Å². The van der Waals surface area contributed by atoms with Crippen LogP contribution in [-0.2, 0) is 6.54 Å². The SMILES string of the molecule is COc1cc(-c2nc3n(n2)CCCC3c2cc(OC(F)(F)F)ccc2F)ccc1-n1cnc(C)c1. The number of halogens is 4. The molecule has 0 saturated carbocycles. The van der Waals surface area contributed by atoms with Crippen LogP contribution >= 0.6 is 0 Å². The van der Waals surface area contributed by atoms with E-state index in [1.165, 1.54) is 0 Å². The van der Waals surface area contributed by atoms with Crippen LogP contribution in [-0.4, -0.2) is 37.8 Å². The summed E-state index contributed by atoms with van der Waals surface area (Å²) in [6, 6.07) is 8.54. The zero-order chi connectivity index (χ0) is 24.7. The van der Waals surface area contributed by atoms with Crippen molar-refractivity contribution in [3.63, 3.8) is 0 Å². The second-order valence-electron chi connectivity index (χ2n) is 8.25. The van der Waals surface area contributed by atoms with Crippen LogP contribution in [0.3, 0.4) is 0 Å². The Morgan fingerprint density at radius 3 is 2.66 bits per heavy atom. The van der Waals surface area contributed by atoms with Gasteiger partial charge in [-0.15, -0.1) is 13.2 Å². The van der Waals surface area contributed by atoms with Crippen LogP contribution < -0.4 is 9.47 Å². The molecule has 1 aliphatic rings. The number of alkyl halides is 3. The zero-order valence-electron chi connectivity index (χ0n) is 18.9. The summed E-state index contributed by atoms with van der Waals surface area (Å²) in [4.78, 5) is 8.89. The Bertz CT molecular complexity index is 1380. The molecule has 5 rings (SSSR count). The molecule has 0 amide bonds. The van der Waals surface area contributed by atoms with Crippen molar-refractivity contribution in [3.05, 3.63) is 71.8 Å². The van der Waals surface area contributed by atoms with Gasteiger partial charge in [0.15, 0.2) is 5.82 Å². The Morgan fingerprint density at radius 1 is 1.11 bits per heavy atom. The first-order valence-electron chi connectivity index (χ1n) is 10.9. The largest absolute Gasteiger partial charge is 0.573 e. The molecule has 35 heavy (non-hydrogen) atoms. The first-order valence-corrected chi connectivity index (χ1v) is 10.9. The summed E-state index contributed by atoms with van der Waals surface area (Å²) in [6.07, 6.45) is -0.105. The van der Waals surface area contributed by atoms with E-state index < -0.39 is 23.8 Å². The lowest BCUT2D eigenvalue weighted by Gasteiger charge is -2.23. The average molecular weight is 487 g/mol. The van der Waals surface area contributed by atoms with Gasteiger partial charge in [0.2, 0.25) is 0 Å². The number of hydrogen-bond acceptors (Lipinski definition) is 5. The lowest BCUT2D eigenvalue weighted by Crippen LogP contribution is -2.20. The maximum atomic E-state index is 14.7. The van der Waals surface area contributed by atoms with E-state index in [0.717, 1.165) is 29.6 Å². The summed E-state index contributed by atoms with van der Waals surface area (Å²) in [6.45, 7) is 2.46. The number of imidazole rings is 1. The minimum atomic E-state index is -4.87. The van der Waals surface area contributed by atoms with Gasteiger partial charge in [0, 0.05) is 29.8 Å². The summed E-state index contributed by atoms with van der Waals surface area (Å²) < 4.78 is 65.9. The van der Waals surface area contributed by atoms with Crippen molar-refractivity contribution >= 4 is 0 Å². The van der Waals surface area contributed by atoms with Crippen LogP contribution in [0.5, 0.6) is 11.5 Å². The van der Waals surface area contributed by atoms with Gasteiger partial charge in [0.25, 0.3) is 0 Å². The molecule has 11 heteroatoms. The highest BCUT2D eigenvalue weighted by Crippen LogP contribution is 2.38. The highest BCUT2D eigenvalue weighted by Gasteiger charge is 2.33. The fourth-order valence-electron chi connectivity index (χ4n) is 4.34. The molecule has 4 aromatic rings. The summed E-state index contributed by atoms with van der Waals surface area (Å²) in [5, 5.41) is 4.59. The van der Waals surface area contributed by atoms with E-state index in [9.17, 15) is 17.6 Å². The van der Waals surface area contributed by atoms with Crippen LogP contribution in [0.25, 0.3) is 17.1 Å². The maximum absolute atomic E-state index is 14.7. The molecule has 0 aliphatic carbocycles. The maximum Gasteiger partial charge on any atom is 0.573 e. The van der Waals surface area contributed by atoms with Gasteiger partial charge < -0.3 is 14.0 Å². The highest BCUT2D eigenvalue weighted by molar-refractivity contribution is 5.63. The molecule has 1 aliphatic heterocycles. The van der Waals surface area contributed by atoms with Crippen LogP contribution in [0.15, 0.2) is 48.9 Å². The Labute approximate surface area is 198 Å².